The molecule has 0 radical (unpaired) electrons. The van der Waals surface area contributed by atoms with Gasteiger partial charge in [-0.3, -0.25) is 4.90 Å². The summed E-state index contributed by atoms with van der Waals surface area (Å²) in [5.41, 5.74) is 2.75. The summed E-state index contributed by atoms with van der Waals surface area (Å²) in [5, 5.41) is 4.08. The highest BCUT2D eigenvalue weighted by molar-refractivity contribution is 5.22. The Morgan fingerprint density at radius 2 is 2.08 bits per heavy atom. The number of ether oxygens (including phenoxy) is 1. The molecule has 0 spiro atoms. The van der Waals surface area contributed by atoms with Crippen LogP contribution >= 0.6 is 0 Å². The van der Waals surface area contributed by atoms with Gasteiger partial charge in [0.15, 0.2) is 5.82 Å². The minimum Gasteiger partial charge on any atom is -0.375 e. The van der Waals surface area contributed by atoms with Crippen LogP contribution in [0.1, 0.15) is 60.7 Å². The summed E-state index contributed by atoms with van der Waals surface area (Å²) in [5.74, 6) is 2.48. The van der Waals surface area contributed by atoms with Crippen LogP contribution in [0.5, 0.6) is 0 Å². The summed E-state index contributed by atoms with van der Waals surface area (Å²) in [6.45, 7) is 2.12. The maximum atomic E-state index is 5.21. The molecule has 0 amide bonds. The summed E-state index contributed by atoms with van der Waals surface area (Å²) >= 11 is 0. The third kappa shape index (κ3) is 2.86. The van der Waals surface area contributed by atoms with E-state index in [1.165, 1.54) is 36.5 Å². The Hall–Kier alpha value is -1.73. The molecule has 7 heteroatoms. The van der Waals surface area contributed by atoms with Crippen molar-refractivity contribution in [3.8, 4) is 0 Å². The first kappa shape index (κ1) is 15.8. The van der Waals surface area contributed by atoms with Crippen LogP contribution in [0.2, 0.25) is 0 Å². The van der Waals surface area contributed by atoms with Crippen molar-refractivity contribution in [2.45, 2.75) is 57.7 Å². The first-order valence-electron chi connectivity index (χ1n) is 8.85. The predicted molar refractivity (Wildman–Crippen MR) is 87.2 cm³/mol. The van der Waals surface area contributed by atoms with E-state index in [1.54, 1.807) is 7.11 Å². The fourth-order valence-electron chi connectivity index (χ4n) is 4.03. The van der Waals surface area contributed by atoms with E-state index >= 15 is 0 Å². The van der Waals surface area contributed by atoms with Crippen LogP contribution in [0.4, 0.5) is 0 Å². The minimum atomic E-state index is 0.352. The molecule has 1 fully saturated rings. The van der Waals surface area contributed by atoms with Gasteiger partial charge in [0, 0.05) is 19.9 Å². The van der Waals surface area contributed by atoms with Crippen molar-refractivity contribution in [3.63, 3.8) is 0 Å². The van der Waals surface area contributed by atoms with E-state index in [-0.39, 0.29) is 0 Å². The number of rotatable bonds is 5. The maximum absolute atomic E-state index is 5.21. The molecule has 1 atom stereocenters. The molecule has 24 heavy (non-hydrogen) atoms. The Kier molecular flexibility index (Phi) is 4.37. The number of methoxy groups -OCH3 is 1. The molecule has 0 saturated carbocycles. The second kappa shape index (κ2) is 6.64. The van der Waals surface area contributed by atoms with E-state index < -0.39 is 0 Å². The summed E-state index contributed by atoms with van der Waals surface area (Å²) in [4.78, 5) is 11.8. The Bertz CT molecular complexity index is 708. The average molecular weight is 331 g/mol. The van der Waals surface area contributed by atoms with E-state index in [9.17, 15) is 0 Å². The standard InChI is InChI=1S/C17H25N5O2/c1-21-13-7-4-3-6-12(13)18-17(21)14-8-5-9-22(14)10-15-19-16(11-23-2)24-20-15/h14H,3-11H2,1-2H3/t14-/m0/s1. The highest BCUT2D eigenvalue weighted by Crippen LogP contribution is 2.34. The molecule has 7 nitrogen and oxygen atoms in total. The second-order valence-electron chi connectivity index (χ2n) is 6.80. The maximum Gasteiger partial charge on any atom is 0.252 e. The summed E-state index contributed by atoms with van der Waals surface area (Å²) in [6.07, 6.45) is 7.17. The largest absolute Gasteiger partial charge is 0.375 e. The van der Waals surface area contributed by atoms with E-state index in [0.717, 1.165) is 31.6 Å². The Morgan fingerprint density at radius 3 is 2.92 bits per heavy atom. The van der Waals surface area contributed by atoms with Crippen LogP contribution in [-0.4, -0.2) is 38.2 Å². The molecule has 1 aliphatic heterocycles. The number of aryl methyl sites for hydroxylation is 1. The fourth-order valence-corrected chi connectivity index (χ4v) is 4.03. The van der Waals surface area contributed by atoms with Crippen molar-refractivity contribution in [2.75, 3.05) is 13.7 Å². The Labute approximate surface area is 142 Å². The first-order valence-corrected chi connectivity index (χ1v) is 8.85. The fraction of sp³-hybridized carbons (Fsp3) is 0.706. The van der Waals surface area contributed by atoms with Gasteiger partial charge in [0.05, 0.1) is 18.3 Å². The van der Waals surface area contributed by atoms with E-state index in [0.29, 0.717) is 25.1 Å². The smallest absolute Gasteiger partial charge is 0.252 e. The number of fused-ring (bicyclic) bond motifs is 1. The van der Waals surface area contributed by atoms with Gasteiger partial charge >= 0.3 is 0 Å². The molecule has 1 aliphatic carbocycles. The zero-order valence-electron chi connectivity index (χ0n) is 14.5. The van der Waals surface area contributed by atoms with Crippen LogP contribution in [-0.2, 0) is 37.8 Å². The number of aromatic nitrogens is 4. The van der Waals surface area contributed by atoms with Gasteiger partial charge in [-0.15, -0.1) is 0 Å². The molecule has 0 N–H and O–H groups in total. The van der Waals surface area contributed by atoms with Gasteiger partial charge in [0.25, 0.3) is 5.89 Å². The lowest BCUT2D eigenvalue weighted by Crippen LogP contribution is -2.25. The SMILES string of the molecule is COCc1nc(CN2CCC[C@H]2c2nc3c(n2C)CCCC3)no1. The lowest BCUT2D eigenvalue weighted by Gasteiger charge is -2.22. The summed E-state index contributed by atoms with van der Waals surface area (Å²) in [6, 6.07) is 0.352. The topological polar surface area (TPSA) is 69.2 Å². The summed E-state index contributed by atoms with van der Waals surface area (Å²) in [7, 11) is 3.80. The van der Waals surface area contributed by atoms with Crippen LogP contribution in [0.25, 0.3) is 0 Å². The highest BCUT2D eigenvalue weighted by atomic mass is 16.5. The van der Waals surface area contributed by atoms with Crippen molar-refractivity contribution < 1.29 is 9.26 Å². The van der Waals surface area contributed by atoms with Crippen LogP contribution in [0, 0.1) is 0 Å². The molecule has 4 rings (SSSR count). The van der Waals surface area contributed by atoms with E-state index in [4.69, 9.17) is 14.2 Å². The van der Waals surface area contributed by atoms with Gasteiger partial charge < -0.3 is 13.8 Å². The van der Waals surface area contributed by atoms with E-state index in [1.807, 2.05) is 0 Å². The molecule has 0 bridgehead atoms. The van der Waals surface area contributed by atoms with Crippen LogP contribution in [0.15, 0.2) is 4.52 Å². The molecular weight excluding hydrogens is 306 g/mol. The Morgan fingerprint density at radius 1 is 1.21 bits per heavy atom. The van der Waals surface area contributed by atoms with E-state index in [2.05, 4.69) is 26.7 Å². The molecule has 130 valence electrons. The zero-order chi connectivity index (χ0) is 16.5. The zero-order valence-corrected chi connectivity index (χ0v) is 14.5. The molecule has 2 aromatic heterocycles. The second-order valence-corrected chi connectivity index (χ2v) is 6.80. The monoisotopic (exact) mass is 331 g/mol. The first-order chi connectivity index (χ1) is 11.8. The molecule has 2 aromatic rings. The molecule has 1 saturated heterocycles. The highest BCUT2D eigenvalue weighted by Gasteiger charge is 2.32. The van der Waals surface area contributed by atoms with Crippen molar-refractivity contribution >= 4 is 0 Å². The number of hydrogen-bond acceptors (Lipinski definition) is 6. The number of nitrogens with zero attached hydrogens (tertiary/aromatic N) is 5. The molecular formula is C17H25N5O2. The van der Waals surface area contributed by atoms with Gasteiger partial charge in [-0.2, -0.15) is 4.98 Å². The minimum absolute atomic E-state index is 0.352. The van der Waals surface area contributed by atoms with Gasteiger partial charge in [-0.25, -0.2) is 4.98 Å². The number of likely N-dealkylation sites (tertiary alicyclic amines) is 1. The lowest BCUT2D eigenvalue weighted by atomic mass is 10.0. The van der Waals surface area contributed by atoms with Gasteiger partial charge in [0.2, 0.25) is 0 Å². The molecule has 0 unspecified atom stereocenters. The Balaban J connectivity index is 1.53. The van der Waals surface area contributed by atoms with Crippen LogP contribution < -0.4 is 0 Å². The van der Waals surface area contributed by atoms with Crippen molar-refractivity contribution in [3.05, 3.63) is 28.9 Å². The van der Waals surface area contributed by atoms with Gasteiger partial charge in [0.1, 0.15) is 12.4 Å². The van der Waals surface area contributed by atoms with Crippen molar-refractivity contribution in [2.24, 2.45) is 7.05 Å². The third-order valence-corrected chi connectivity index (χ3v) is 5.19. The molecule has 3 heterocycles. The van der Waals surface area contributed by atoms with Crippen molar-refractivity contribution in [1.82, 2.24) is 24.6 Å². The van der Waals surface area contributed by atoms with Crippen molar-refractivity contribution in [1.29, 1.82) is 0 Å². The molecule has 2 aliphatic rings. The number of imidazole rings is 1. The van der Waals surface area contributed by atoms with Gasteiger partial charge in [-0.05, 0) is 45.1 Å². The lowest BCUT2D eigenvalue weighted by molar-refractivity contribution is 0.151. The quantitative estimate of drug-likeness (QED) is 0.836. The van der Waals surface area contributed by atoms with Gasteiger partial charge in [-0.1, -0.05) is 5.16 Å². The normalized spacial score (nSPS) is 21.3. The van der Waals surface area contributed by atoms with Crippen LogP contribution in [0.3, 0.4) is 0 Å². The number of hydrogen-bond donors (Lipinski definition) is 0. The predicted octanol–water partition coefficient (Wildman–Crippen LogP) is 2.17. The average Bonchev–Trinajstić information content (AvgIpc) is 3.29. The summed E-state index contributed by atoms with van der Waals surface area (Å²) < 4.78 is 12.6. The third-order valence-electron chi connectivity index (χ3n) is 5.19. The molecule has 0 aromatic carbocycles.